The molecule has 1 aliphatic rings. The van der Waals surface area contributed by atoms with Gasteiger partial charge >= 0.3 is 0 Å². The fourth-order valence-electron chi connectivity index (χ4n) is 3.28. The lowest BCUT2D eigenvalue weighted by Crippen LogP contribution is -2.26. The molecule has 1 fully saturated rings. The van der Waals surface area contributed by atoms with Crippen LogP contribution in [0.25, 0.3) is 11.3 Å². The zero-order valence-corrected chi connectivity index (χ0v) is 16.8. The van der Waals surface area contributed by atoms with E-state index in [-0.39, 0.29) is 12.0 Å². The Bertz CT molecular complexity index is 985. The number of ether oxygens (including phenoxy) is 1. The molecule has 0 spiro atoms. The second-order valence-corrected chi connectivity index (χ2v) is 7.08. The summed E-state index contributed by atoms with van der Waals surface area (Å²) in [7, 11) is 0. The fraction of sp³-hybridized carbons (Fsp3) is 0.381. The highest BCUT2D eigenvalue weighted by molar-refractivity contribution is 5.92. The summed E-state index contributed by atoms with van der Waals surface area (Å²) < 4.78 is 11.3. The molecule has 3 aromatic rings. The van der Waals surface area contributed by atoms with Crippen LogP contribution in [0, 0.1) is 6.92 Å². The molecule has 0 unspecified atom stereocenters. The van der Waals surface area contributed by atoms with Crippen molar-refractivity contribution >= 4 is 11.9 Å². The third kappa shape index (κ3) is 4.80. The highest BCUT2D eigenvalue weighted by atomic mass is 16.5. The number of carbonyl (C=O) groups excluding carboxylic acids is 1. The molecule has 9 nitrogen and oxygen atoms in total. The summed E-state index contributed by atoms with van der Waals surface area (Å²) in [6, 6.07) is 7.12. The maximum absolute atomic E-state index is 12.0. The van der Waals surface area contributed by atoms with Crippen LogP contribution < -0.4 is 10.6 Å². The average Bonchev–Trinajstić information content (AvgIpc) is 3.46. The number of anilines is 1. The van der Waals surface area contributed by atoms with Gasteiger partial charge in [0.15, 0.2) is 5.76 Å². The maximum Gasteiger partial charge on any atom is 0.269 e. The van der Waals surface area contributed by atoms with Crippen molar-refractivity contribution in [3.63, 3.8) is 0 Å². The van der Waals surface area contributed by atoms with Crippen LogP contribution >= 0.6 is 0 Å². The summed E-state index contributed by atoms with van der Waals surface area (Å²) in [4.78, 5) is 25.1. The van der Waals surface area contributed by atoms with Crippen LogP contribution in [0.2, 0.25) is 0 Å². The van der Waals surface area contributed by atoms with Gasteiger partial charge in [0.1, 0.15) is 11.8 Å². The number of hydrogen-bond acceptors (Lipinski definition) is 8. The molecule has 0 radical (unpaired) electrons. The fourth-order valence-corrected chi connectivity index (χ4v) is 3.28. The van der Waals surface area contributed by atoms with E-state index in [1.165, 1.54) is 0 Å². The van der Waals surface area contributed by atoms with Gasteiger partial charge in [-0.1, -0.05) is 11.2 Å². The van der Waals surface area contributed by atoms with E-state index >= 15 is 0 Å². The Morgan fingerprint density at radius 3 is 2.93 bits per heavy atom. The number of aromatic nitrogens is 4. The molecule has 1 aliphatic heterocycles. The van der Waals surface area contributed by atoms with Crippen molar-refractivity contribution in [1.29, 1.82) is 0 Å². The second-order valence-electron chi connectivity index (χ2n) is 7.08. The third-order valence-corrected chi connectivity index (χ3v) is 4.77. The number of pyridine rings is 1. The van der Waals surface area contributed by atoms with Crippen molar-refractivity contribution in [3.05, 3.63) is 53.7 Å². The molecular weight excluding hydrogens is 384 g/mol. The number of hydrogen-bond donors (Lipinski definition) is 2. The zero-order valence-electron chi connectivity index (χ0n) is 16.8. The second kappa shape index (κ2) is 9.45. The minimum Gasteiger partial charge on any atom is -0.372 e. The predicted octanol–water partition coefficient (Wildman–Crippen LogP) is 2.92. The van der Waals surface area contributed by atoms with Crippen molar-refractivity contribution in [2.24, 2.45) is 0 Å². The van der Waals surface area contributed by atoms with Crippen molar-refractivity contribution in [1.82, 2.24) is 25.4 Å². The first-order valence-corrected chi connectivity index (χ1v) is 10.1. The third-order valence-electron chi connectivity index (χ3n) is 4.77. The predicted molar refractivity (Wildman–Crippen MR) is 110 cm³/mol. The van der Waals surface area contributed by atoms with Gasteiger partial charge in [-0.25, -0.2) is 9.97 Å². The summed E-state index contributed by atoms with van der Waals surface area (Å²) in [6.07, 6.45) is 5.91. The van der Waals surface area contributed by atoms with E-state index < -0.39 is 0 Å². The summed E-state index contributed by atoms with van der Waals surface area (Å²) in [5.74, 6) is 0.984. The molecule has 0 bridgehead atoms. The zero-order chi connectivity index (χ0) is 20.8. The Morgan fingerprint density at radius 2 is 2.20 bits per heavy atom. The number of rotatable bonds is 8. The van der Waals surface area contributed by atoms with Crippen LogP contribution in [0.5, 0.6) is 0 Å². The Kier molecular flexibility index (Phi) is 6.29. The molecule has 9 heteroatoms. The monoisotopic (exact) mass is 408 g/mol. The van der Waals surface area contributed by atoms with Crippen molar-refractivity contribution in [2.75, 3.05) is 25.0 Å². The maximum atomic E-state index is 12.0. The standard InChI is InChI=1S/C21H24N6O3/c1-14-12-18(30-27-14)15-13-25-21(26-19(15)17-7-4-11-29-17)24-10-5-9-23-20(28)16-6-2-3-8-22-16/h2-3,6,8,12-13,17H,4-5,7,9-11H2,1H3,(H,23,28)(H,24,25,26)/t17-/m0/s1. The number of amides is 1. The molecule has 0 aliphatic carbocycles. The van der Waals surface area contributed by atoms with Crippen LogP contribution in [0.4, 0.5) is 5.95 Å². The van der Waals surface area contributed by atoms with Crippen LogP contribution in [-0.2, 0) is 4.74 Å². The van der Waals surface area contributed by atoms with E-state index in [0.29, 0.717) is 30.5 Å². The molecule has 4 rings (SSSR count). The van der Waals surface area contributed by atoms with Gasteiger partial charge in [-0.2, -0.15) is 0 Å². The molecule has 1 amide bonds. The number of nitrogens with zero attached hydrogens (tertiary/aromatic N) is 4. The normalized spacial score (nSPS) is 15.8. The summed E-state index contributed by atoms with van der Waals surface area (Å²) in [6.45, 7) is 3.75. The van der Waals surface area contributed by atoms with Crippen molar-refractivity contribution < 1.29 is 14.1 Å². The minimum atomic E-state index is -0.181. The molecule has 2 N–H and O–H groups in total. The van der Waals surface area contributed by atoms with Crippen LogP contribution in [-0.4, -0.2) is 45.7 Å². The van der Waals surface area contributed by atoms with Gasteiger partial charge in [0.05, 0.1) is 17.0 Å². The van der Waals surface area contributed by atoms with Crippen LogP contribution in [0.1, 0.15) is 47.2 Å². The number of nitrogens with one attached hydrogen (secondary N) is 2. The van der Waals surface area contributed by atoms with Gasteiger partial charge in [0.2, 0.25) is 5.95 Å². The van der Waals surface area contributed by atoms with Crippen LogP contribution in [0.3, 0.4) is 0 Å². The average molecular weight is 408 g/mol. The molecule has 3 aromatic heterocycles. The topological polar surface area (TPSA) is 115 Å². The lowest BCUT2D eigenvalue weighted by molar-refractivity contribution is 0.0948. The van der Waals surface area contributed by atoms with E-state index in [0.717, 1.165) is 42.8 Å². The quantitative estimate of drug-likeness (QED) is 0.547. The first-order chi connectivity index (χ1) is 14.7. The largest absolute Gasteiger partial charge is 0.372 e. The number of aryl methyl sites for hydroxylation is 1. The highest BCUT2D eigenvalue weighted by Gasteiger charge is 2.25. The SMILES string of the molecule is Cc1cc(-c2cnc(NCCCNC(=O)c3ccccn3)nc2[C@@H]2CCCO2)on1. The lowest BCUT2D eigenvalue weighted by Gasteiger charge is -2.14. The van der Waals surface area contributed by atoms with Crippen molar-refractivity contribution in [3.8, 4) is 11.3 Å². The minimum absolute atomic E-state index is 0.0772. The molecule has 0 aromatic carbocycles. The summed E-state index contributed by atoms with van der Waals surface area (Å²) in [5.41, 5.74) is 2.83. The Morgan fingerprint density at radius 1 is 1.27 bits per heavy atom. The van der Waals surface area contributed by atoms with Gasteiger partial charge in [-0.05, 0) is 38.3 Å². The van der Waals surface area contributed by atoms with E-state index in [1.54, 1.807) is 30.6 Å². The van der Waals surface area contributed by atoms with Gasteiger partial charge in [-0.15, -0.1) is 0 Å². The summed E-state index contributed by atoms with van der Waals surface area (Å²) >= 11 is 0. The molecule has 156 valence electrons. The van der Waals surface area contributed by atoms with E-state index in [2.05, 4.69) is 30.7 Å². The Labute approximate surface area is 174 Å². The van der Waals surface area contributed by atoms with Gasteiger partial charge in [0, 0.05) is 38.2 Å². The van der Waals surface area contributed by atoms with Crippen LogP contribution in [0.15, 0.2) is 41.2 Å². The molecule has 1 atom stereocenters. The van der Waals surface area contributed by atoms with Crippen molar-refractivity contribution in [2.45, 2.75) is 32.3 Å². The number of carbonyl (C=O) groups is 1. The van der Waals surface area contributed by atoms with Gasteiger partial charge in [0.25, 0.3) is 5.91 Å². The molecule has 4 heterocycles. The Hall–Kier alpha value is -3.33. The highest BCUT2D eigenvalue weighted by Crippen LogP contribution is 2.34. The summed E-state index contributed by atoms with van der Waals surface area (Å²) in [5, 5.41) is 10.0. The molecular formula is C21H24N6O3. The van der Waals surface area contributed by atoms with Gasteiger partial charge in [-0.3, -0.25) is 9.78 Å². The molecule has 1 saturated heterocycles. The lowest BCUT2D eigenvalue weighted by atomic mass is 10.1. The van der Waals surface area contributed by atoms with E-state index in [9.17, 15) is 4.79 Å². The first-order valence-electron chi connectivity index (χ1n) is 10.1. The molecule has 30 heavy (non-hydrogen) atoms. The van der Waals surface area contributed by atoms with Gasteiger partial charge < -0.3 is 19.9 Å². The Balaban J connectivity index is 1.35. The van der Waals surface area contributed by atoms with E-state index in [4.69, 9.17) is 9.26 Å². The van der Waals surface area contributed by atoms with E-state index in [1.807, 2.05) is 13.0 Å². The molecule has 0 saturated carbocycles. The smallest absolute Gasteiger partial charge is 0.269 e. The first kappa shape index (κ1) is 20.0.